The van der Waals surface area contributed by atoms with E-state index in [1.807, 2.05) is 18.2 Å². The molecule has 0 amide bonds. The summed E-state index contributed by atoms with van der Waals surface area (Å²) < 4.78 is 35.1. The summed E-state index contributed by atoms with van der Waals surface area (Å²) in [6.45, 7) is 3.28. The number of anilines is 1. The van der Waals surface area contributed by atoms with Crippen LogP contribution in [-0.2, 0) is 6.54 Å². The lowest BCUT2D eigenvalue weighted by Gasteiger charge is -2.35. The van der Waals surface area contributed by atoms with E-state index in [9.17, 15) is 8.78 Å². The van der Waals surface area contributed by atoms with Crippen LogP contribution >= 0.6 is 0 Å². The molecule has 4 rings (SSSR count). The van der Waals surface area contributed by atoms with Crippen LogP contribution < -0.4 is 9.64 Å². The molecule has 0 bridgehead atoms. The van der Waals surface area contributed by atoms with Crippen molar-refractivity contribution >= 4 is 16.6 Å². The first-order valence-electron chi connectivity index (χ1n) is 8.57. The highest BCUT2D eigenvalue weighted by Crippen LogP contribution is 2.27. The van der Waals surface area contributed by atoms with Gasteiger partial charge in [-0.3, -0.25) is 4.90 Å². The maximum atomic E-state index is 12.5. The summed E-state index contributed by atoms with van der Waals surface area (Å²) in [6.07, 6.45) is 0.167. The number of ether oxygens (including phenoxy) is 1. The molecule has 2 aromatic heterocycles. The Hall–Kier alpha value is -2.88. The van der Waals surface area contributed by atoms with Gasteiger partial charge in [0.25, 0.3) is 6.43 Å². The van der Waals surface area contributed by atoms with Crippen LogP contribution in [-0.4, -0.2) is 64.2 Å². The van der Waals surface area contributed by atoms with Gasteiger partial charge >= 0.3 is 0 Å². The van der Waals surface area contributed by atoms with Crippen LogP contribution in [0.3, 0.4) is 0 Å². The fourth-order valence-electron chi connectivity index (χ4n) is 3.10. The second-order valence-electron chi connectivity index (χ2n) is 6.18. The molecular formula is C17H18F2N6O2. The van der Waals surface area contributed by atoms with Gasteiger partial charge in [0.15, 0.2) is 12.9 Å². The Labute approximate surface area is 153 Å². The number of piperazine rings is 1. The van der Waals surface area contributed by atoms with E-state index in [0.29, 0.717) is 23.3 Å². The number of alkyl halides is 2. The minimum Gasteiger partial charge on any atom is -0.471 e. The molecule has 1 saturated heterocycles. The normalized spacial score (nSPS) is 15.6. The Balaban J connectivity index is 1.46. The number of hydrogen-bond acceptors (Lipinski definition) is 8. The molecule has 1 aromatic carbocycles. The van der Waals surface area contributed by atoms with Gasteiger partial charge in [-0.1, -0.05) is 5.16 Å². The van der Waals surface area contributed by atoms with Crippen LogP contribution in [0.5, 0.6) is 5.88 Å². The average molecular weight is 376 g/mol. The van der Waals surface area contributed by atoms with E-state index in [0.717, 1.165) is 31.9 Å². The Morgan fingerprint density at radius 1 is 1.07 bits per heavy atom. The minimum atomic E-state index is -2.55. The fourth-order valence-corrected chi connectivity index (χ4v) is 3.10. The molecule has 142 valence electrons. The van der Waals surface area contributed by atoms with Crippen LogP contribution in [0.25, 0.3) is 10.9 Å². The lowest BCUT2D eigenvalue weighted by atomic mass is 10.2. The topological polar surface area (TPSA) is 80.4 Å². The molecular weight excluding hydrogens is 358 g/mol. The molecule has 1 aliphatic rings. The first-order valence-corrected chi connectivity index (χ1v) is 8.57. The Morgan fingerprint density at radius 2 is 1.93 bits per heavy atom. The number of rotatable bonds is 6. The van der Waals surface area contributed by atoms with Gasteiger partial charge in [0.1, 0.15) is 6.33 Å². The van der Waals surface area contributed by atoms with Crippen molar-refractivity contribution in [1.29, 1.82) is 0 Å². The maximum absolute atomic E-state index is 12.5. The van der Waals surface area contributed by atoms with Crippen molar-refractivity contribution in [2.45, 2.75) is 13.0 Å². The maximum Gasteiger partial charge on any atom is 0.272 e. The monoisotopic (exact) mass is 376 g/mol. The van der Waals surface area contributed by atoms with E-state index in [-0.39, 0.29) is 5.88 Å². The molecule has 1 aliphatic heterocycles. The van der Waals surface area contributed by atoms with E-state index in [1.165, 1.54) is 12.7 Å². The molecule has 3 aromatic rings. The standard InChI is InChI=1S/C17H18F2N6O2/c18-15(19)9-26-17-13-7-12(1-2-14(13)20-10-22-17)25-5-3-24(4-6-25)8-16-21-11-23-27-16/h1-2,7,10-11,15H,3-6,8-9H2. The minimum absolute atomic E-state index is 0.178. The van der Waals surface area contributed by atoms with E-state index in [4.69, 9.17) is 9.26 Å². The van der Waals surface area contributed by atoms with Crippen LogP contribution in [0.4, 0.5) is 14.5 Å². The van der Waals surface area contributed by atoms with Crippen molar-refractivity contribution in [1.82, 2.24) is 25.0 Å². The highest BCUT2D eigenvalue weighted by molar-refractivity contribution is 5.86. The average Bonchev–Trinajstić information content (AvgIpc) is 3.19. The van der Waals surface area contributed by atoms with Gasteiger partial charge in [0, 0.05) is 31.9 Å². The van der Waals surface area contributed by atoms with Crippen molar-refractivity contribution in [2.75, 3.05) is 37.7 Å². The van der Waals surface area contributed by atoms with Gasteiger partial charge in [-0.25, -0.2) is 18.7 Å². The number of benzene rings is 1. The lowest BCUT2D eigenvalue weighted by Crippen LogP contribution is -2.46. The van der Waals surface area contributed by atoms with E-state index in [2.05, 4.69) is 29.9 Å². The SMILES string of the molecule is FC(F)COc1ncnc2ccc(N3CCN(Cc4ncno4)CC3)cc12. The zero-order valence-corrected chi connectivity index (χ0v) is 14.5. The number of aromatic nitrogens is 4. The van der Waals surface area contributed by atoms with Gasteiger partial charge in [-0.05, 0) is 18.2 Å². The van der Waals surface area contributed by atoms with Crippen molar-refractivity contribution in [3.05, 3.63) is 36.7 Å². The van der Waals surface area contributed by atoms with Crippen molar-refractivity contribution in [2.24, 2.45) is 0 Å². The second-order valence-corrected chi connectivity index (χ2v) is 6.18. The molecule has 0 atom stereocenters. The number of fused-ring (bicyclic) bond motifs is 1. The number of halogens is 2. The predicted molar refractivity (Wildman–Crippen MR) is 92.8 cm³/mol. The summed E-state index contributed by atoms with van der Waals surface area (Å²) in [6, 6.07) is 5.72. The van der Waals surface area contributed by atoms with Gasteiger partial charge in [-0.2, -0.15) is 4.98 Å². The van der Waals surface area contributed by atoms with Crippen LogP contribution in [0.15, 0.2) is 35.4 Å². The fraction of sp³-hybridized carbons (Fsp3) is 0.412. The molecule has 8 nitrogen and oxygen atoms in total. The van der Waals surface area contributed by atoms with Crippen LogP contribution in [0, 0.1) is 0 Å². The third kappa shape index (κ3) is 4.11. The van der Waals surface area contributed by atoms with E-state index < -0.39 is 13.0 Å². The van der Waals surface area contributed by atoms with Gasteiger partial charge in [0.05, 0.1) is 17.4 Å². The lowest BCUT2D eigenvalue weighted by molar-refractivity contribution is 0.0804. The summed E-state index contributed by atoms with van der Waals surface area (Å²) in [5, 5.41) is 4.25. The smallest absolute Gasteiger partial charge is 0.272 e. The molecule has 0 aliphatic carbocycles. The number of hydrogen-bond donors (Lipinski definition) is 0. The second kappa shape index (κ2) is 7.78. The summed E-state index contributed by atoms with van der Waals surface area (Å²) in [4.78, 5) is 16.7. The highest BCUT2D eigenvalue weighted by atomic mass is 19.3. The zero-order chi connectivity index (χ0) is 18.6. The van der Waals surface area contributed by atoms with Crippen molar-refractivity contribution in [3.8, 4) is 5.88 Å². The molecule has 10 heteroatoms. The summed E-state index contributed by atoms with van der Waals surface area (Å²) in [7, 11) is 0. The van der Waals surface area contributed by atoms with Gasteiger partial charge in [0.2, 0.25) is 11.8 Å². The van der Waals surface area contributed by atoms with E-state index >= 15 is 0 Å². The Morgan fingerprint density at radius 3 is 2.67 bits per heavy atom. The predicted octanol–water partition coefficient (Wildman–Crippen LogP) is 1.98. The first-order chi connectivity index (χ1) is 13.2. The van der Waals surface area contributed by atoms with Gasteiger partial charge in [-0.15, -0.1) is 0 Å². The molecule has 0 saturated carbocycles. The van der Waals surface area contributed by atoms with Crippen LogP contribution in [0.1, 0.15) is 5.89 Å². The molecule has 1 fully saturated rings. The molecule has 27 heavy (non-hydrogen) atoms. The highest BCUT2D eigenvalue weighted by Gasteiger charge is 2.20. The van der Waals surface area contributed by atoms with Crippen molar-refractivity contribution in [3.63, 3.8) is 0 Å². The largest absolute Gasteiger partial charge is 0.471 e. The van der Waals surface area contributed by atoms with Crippen LogP contribution in [0.2, 0.25) is 0 Å². The van der Waals surface area contributed by atoms with Gasteiger partial charge < -0.3 is 14.2 Å². The Bertz CT molecular complexity index is 884. The molecule has 3 heterocycles. The Kier molecular flexibility index (Phi) is 5.05. The van der Waals surface area contributed by atoms with E-state index in [1.54, 1.807) is 0 Å². The number of nitrogens with zero attached hydrogens (tertiary/aromatic N) is 6. The summed E-state index contributed by atoms with van der Waals surface area (Å²) >= 11 is 0. The summed E-state index contributed by atoms with van der Waals surface area (Å²) in [5.41, 5.74) is 1.64. The quantitative estimate of drug-likeness (QED) is 0.646. The first kappa shape index (κ1) is 17.5. The molecule has 0 N–H and O–H groups in total. The molecule has 0 unspecified atom stereocenters. The molecule has 0 radical (unpaired) electrons. The molecule has 0 spiro atoms. The zero-order valence-electron chi connectivity index (χ0n) is 14.5. The third-order valence-electron chi connectivity index (χ3n) is 4.43. The summed E-state index contributed by atoms with van der Waals surface area (Å²) in [5.74, 6) is 0.782. The third-order valence-corrected chi connectivity index (χ3v) is 4.43. The van der Waals surface area contributed by atoms with Crippen molar-refractivity contribution < 1.29 is 18.0 Å².